The highest BCUT2D eigenvalue weighted by atomic mass is 19.4. The molecule has 0 saturated heterocycles. The van der Waals surface area contributed by atoms with Crippen molar-refractivity contribution < 1.29 is 23.0 Å². The number of alkyl halides is 3. The van der Waals surface area contributed by atoms with Crippen molar-refractivity contribution in [3.05, 3.63) is 48.2 Å². The van der Waals surface area contributed by atoms with Gasteiger partial charge in [-0.3, -0.25) is 4.98 Å². The zero-order valence-corrected chi connectivity index (χ0v) is 11.3. The average molecular weight is 297 g/mol. The standard InChI is InChI=1S/C15H14F3NO2/c1-2-14(20)11-5-8-13(19-9-11)10-3-6-12(7-4-10)21-15(16,17)18/h3-9,14,20H,2H2,1H3. The second-order valence-electron chi connectivity index (χ2n) is 4.47. The predicted molar refractivity (Wildman–Crippen MR) is 71.6 cm³/mol. The normalized spacial score (nSPS) is 13.0. The quantitative estimate of drug-likeness (QED) is 0.924. The van der Waals surface area contributed by atoms with E-state index in [2.05, 4.69) is 9.72 Å². The first-order chi connectivity index (χ1) is 9.89. The first kappa shape index (κ1) is 15.3. The zero-order chi connectivity index (χ0) is 15.5. The number of aliphatic hydroxyl groups excluding tert-OH is 1. The third-order valence-electron chi connectivity index (χ3n) is 2.94. The van der Waals surface area contributed by atoms with E-state index < -0.39 is 12.5 Å². The second kappa shape index (κ2) is 6.13. The first-order valence-corrected chi connectivity index (χ1v) is 6.39. The molecule has 0 radical (unpaired) electrons. The summed E-state index contributed by atoms with van der Waals surface area (Å²) in [5.74, 6) is -0.274. The van der Waals surface area contributed by atoms with Crippen molar-refractivity contribution in [1.82, 2.24) is 4.98 Å². The first-order valence-electron chi connectivity index (χ1n) is 6.39. The van der Waals surface area contributed by atoms with Gasteiger partial charge in [-0.2, -0.15) is 0 Å². The summed E-state index contributed by atoms with van der Waals surface area (Å²) in [4.78, 5) is 4.20. The van der Waals surface area contributed by atoms with E-state index in [4.69, 9.17) is 0 Å². The van der Waals surface area contributed by atoms with E-state index in [0.717, 1.165) is 0 Å². The highest BCUT2D eigenvalue weighted by molar-refractivity contribution is 5.60. The van der Waals surface area contributed by atoms with E-state index in [1.165, 1.54) is 24.3 Å². The molecule has 1 aromatic carbocycles. The van der Waals surface area contributed by atoms with Crippen LogP contribution in [0.1, 0.15) is 25.0 Å². The van der Waals surface area contributed by atoms with E-state index in [9.17, 15) is 18.3 Å². The lowest BCUT2D eigenvalue weighted by Crippen LogP contribution is -2.16. The van der Waals surface area contributed by atoms with Crippen LogP contribution in [0.15, 0.2) is 42.6 Å². The van der Waals surface area contributed by atoms with Crippen molar-refractivity contribution in [2.24, 2.45) is 0 Å². The molecule has 0 aliphatic heterocycles. The molecule has 0 aliphatic carbocycles. The zero-order valence-electron chi connectivity index (χ0n) is 11.3. The van der Waals surface area contributed by atoms with E-state index in [-0.39, 0.29) is 5.75 Å². The van der Waals surface area contributed by atoms with Gasteiger partial charge in [0, 0.05) is 11.8 Å². The Balaban J connectivity index is 2.15. The van der Waals surface area contributed by atoms with Crippen LogP contribution in [0.25, 0.3) is 11.3 Å². The van der Waals surface area contributed by atoms with Gasteiger partial charge in [0.05, 0.1) is 11.8 Å². The van der Waals surface area contributed by atoms with Crippen molar-refractivity contribution in [1.29, 1.82) is 0 Å². The van der Waals surface area contributed by atoms with Crippen molar-refractivity contribution >= 4 is 0 Å². The van der Waals surface area contributed by atoms with Crippen LogP contribution in [0.5, 0.6) is 5.75 Å². The highest BCUT2D eigenvalue weighted by Gasteiger charge is 2.30. The maximum absolute atomic E-state index is 12.1. The van der Waals surface area contributed by atoms with E-state index in [0.29, 0.717) is 23.2 Å². The summed E-state index contributed by atoms with van der Waals surface area (Å²) in [6, 6.07) is 8.93. The molecular weight excluding hydrogens is 283 g/mol. The van der Waals surface area contributed by atoms with Crippen LogP contribution in [0, 0.1) is 0 Å². The number of hydrogen-bond donors (Lipinski definition) is 1. The van der Waals surface area contributed by atoms with Crippen LogP contribution < -0.4 is 4.74 Å². The maximum atomic E-state index is 12.1. The van der Waals surface area contributed by atoms with Crippen LogP contribution in [0.4, 0.5) is 13.2 Å². The molecule has 0 saturated carbocycles. The van der Waals surface area contributed by atoms with E-state index in [1.54, 1.807) is 18.3 Å². The average Bonchev–Trinajstić information content (AvgIpc) is 2.46. The lowest BCUT2D eigenvalue weighted by atomic mass is 10.1. The van der Waals surface area contributed by atoms with Crippen molar-refractivity contribution in [3.8, 4) is 17.0 Å². The molecule has 2 rings (SSSR count). The van der Waals surface area contributed by atoms with Gasteiger partial charge in [-0.25, -0.2) is 0 Å². The third-order valence-corrected chi connectivity index (χ3v) is 2.94. The molecule has 6 heteroatoms. The molecule has 1 atom stereocenters. The van der Waals surface area contributed by atoms with Crippen molar-refractivity contribution in [2.45, 2.75) is 25.8 Å². The van der Waals surface area contributed by atoms with Crippen LogP contribution in [-0.2, 0) is 0 Å². The topological polar surface area (TPSA) is 42.4 Å². The van der Waals surface area contributed by atoms with Gasteiger partial charge in [-0.15, -0.1) is 13.2 Å². The van der Waals surface area contributed by atoms with Crippen molar-refractivity contribution in [2.75, 3.05) is 0 Å². The number of aromatic nitrogens is 1. The summed E-state index contributed by atoms with van der Waals surface area (Å²) in [5.41, 5.74) is 1.99. The number of ether oxygens (including phenoxy) is 1. The number of halogens is 3. The van der Waals surface area contributed by atoms with Crippen molar-refractivity contribution in [3.63, 3.8) is 0 Å². The minimum absolute atomic E-state index is 0.274. The van der Waals surface area contributed by atoms with E-state index >= 15 is 0 Å². The molecule has 3 nitrogen and oxygen atoms in total. The number of rotatable bonds is 4. The number of benzene rings is 1. The predicted octanol–water partition coefficient (Wildman–Crippen LogP) is 4.09. The third kappa shape index (κ3) is 4.19. The molecule has 21 heavy (non-hydrogen) atoms. The van der Waals surface area contributed by atoms with Crippen LogP contribution in [0.2, 0.25) is 0 Å². The molecular formula is C15H14F3NO2. The Hall–Kier alpha value is -2.08. The van der Waals surface area contributed by atoms with Gasteiger partial charge in [0.2, 0.25) is 0 Å². The fourth-order valence-corrected chi connectivity index (χ4v) is 1.84. The molecule has 0 aliphatic rings. The number of hydrogen-bond acceptors (Lipinski definition) is 3. The number of pyridine rings is 1. The van der Waals surface area contributed by atoms with Gasteiger partial charge >= 0.3 is 6.36 Å². The van der Waals surface area contributed by atoms with Crippen LogP contribution >= 0.6 is 0 Å². The second-order valence-corrected chi connectivity index (χ2v) is 4.47. The molecule has 1 aromatic heterocycles. The number of nitrogens with zero attached hydrogens (tertiary/aromatic N) is 1. The minimum atomic E-state index is -4.70. The monoisotopic (exact) mass is 297 g/mol. The summed E-state index contributed by atoms with van der Waals surface area (Å²) >= 11 is 0. The Labute approximate surface area is 120 Å². The van der Waals surface area contributed by atoms with Gasteiger partial charge in [-0.05, 0) is 42.3 Å². The lowest BCUT2D eigenvalue weighted by Gasteiger charge is -2.10. The summed E-state index contributed by atoms with van der Waals surface area (Å²) in [6.07, 6.45) is -3.11. The fraction of sp³-hybridized carbons (Fsp3) is 0.267. The molecule has 1 N–H and O–H groups in total. The summed E-state index contributed by atoms with van der Waals surface area (Å²) in [7, 11) is 0. The molecule has 0 spiro atoms. The van der Waals surface area contributed by atoms with Gasteiger partial charge in [0.1, 0.15) is 5.75 Å². The Bertz CT molecular complexity index is 579. The molecule has 0 fully saturated rings. The molecule has 2 aromatic rings. The molecule has 0 bridgehead atoms. The Kier molecular flexibility index (Phi) is 4.47. The summed E-state index contributed by atoms with van der Waals surface area (Å²) in [5, 5.41) is 9.67. The van der Waals surface area contributed by atoms with Crippen LogP contribution in [-0.4, -0.2) is 16.5 Å². The molecule has 112 valence electrons. The molecule has 1 heterocycles. The minimum Gasteiger partial charge on any atom is -0.406 e. The summed E-state index contributed by atoms with van der Waals surface area (Å²) < 4.78 is 40.0. The molecule has 0 amide bonds. The smallest absolute Gasteiger partial charge is 0.406 e. The summed E-state index contributed by atoms with van der Waals surface area (Å²) in [6.45, 7) is 1.86. The number of aliphatic hydroxyl groups is 1. The van der Waals surface area contributed by atoms with E-state index in [1.807, 2.05) is 6.92 Å². The van der Waals surface area contributed by atoms with Gasteiger partial charge in [0.15, 0.2) is 0 Å². The van der Waals surface area contributed by atoms with Gasteiger partial charge < -0.3 is 9.84 Å². The lowest BCUT2D eigenvalue weighted by molar-refractivity contribution is -0.274. The van der Waals surface area contributed by atoms with Gasteiger partial charge in [0.25, 0.3) is 0 Å². The Morgan fingerprint density at radius 3 is 2.29 bits per heavy atom. The molecule has 1 unspecified atom stereocenters. The van der Waals surface area contributed by atoms with Gasteiger partial charge in [-0.1, -0.05) is 13.0 Å². The Morgan fingerprint density at radius 2 is 1.81 bits per heavy atom. The van der Waals surface area contributed by atoms with Crippen LogP contribution in [0.3, 0.4) is 0 Å². The largest absolute Gasteiger partial charge is 0.573 e. The SMILES string of the molecule is CCC(O)c1ccc(-c2ccc(OC(F)(F)F)cc2)nc1. The Morgan fingerprint density at radius 1 is 1.14 bits per heavy atom. The fourth-order valence-electron chi connectivity index (χ4n) is 1.84. The maximum Gasteiger partial charge on any atom is 0.573 e. The highest BCUT2D eigenvalue weighted by Crippen LogP contribution is 2.26.